The number of cyclic esters (lactones) is 6. The third-order valence-corrected chi connectivity index (χ3v) is 13.9. The highest BCUT2D eigenvalue weighted by molar-refractivity contribution is 5.96. The Balaban J connectivity index is 3.95. The number of carbonyl (C=O) groups excluding carboxylic acids is 12. The lowest BCUT2D eigenvalue weighted by atomic mass is 9.98. The molecule has 0 aromatic rings. The van der Waals surface area contributed by atoms with Gasteiger partial charge in [-0.1, -0.05) is 125 Å². The van der Waals surface area contributed by atoms with Gasteiger partial charge in [0.05, 0.1) is 0 Å². The maximum Gasteiger partial charge on any atom is 0.329 e. The van der Waals surface area contributed by atoms with Crippen LogP contribution < -0.4 is 31.9 Å². The van der Waals surface area contributed by atoms with Crippen LogP contribution >= 0.6 is 0 Å². The van der Waals surface area contributed by atoms with Gasteiger partial charge in [-0.2, -0.15) is 0 Å². The predicted molar refractivity (Wildman–Crippen MR) is 295 cm³/mol. The first kappa shape index (κ1) is 72.7. The third kappa shape index (κ3) is 22.5. The molecule has 14 atom stereocenters. The summed E-state index contributed by atoms with van der Waals surface area (Å²) >= 11 is 0. The quantitative estimate of drug-likeness (QED) is 0.120. The number of esters is 6. The third-order valence-electron chi connectivity index (χ3n) is 13.9. The van der Waals surface area contributed by atoms with Crippen LogP contribution in [0.4, 0.5) is 0 Å². The zero-order chi connectivity index (χ0) is 62.7. The Bertz CT molecular complexity index is 2170. The van der Waals surface area contributed by atoms with E-state index in [1.807, 2.05) is 0 Å². The lowest BCUT2D eigenvalue weighted by molar-refractivity contribution is -0.167. The van der Waals surface area contributed by atoms with E-state index >= 15 is 0 Å². The predicted octanol–water partition coefficient (Wildman–Crippen LogP) is 3.51. The summed E-state index contributed by atoms with van der Waals surface area (Å²) in [4.78, 5) is 166. The average molecular weight is 1150 g/mol. The molecular weight excluding hydrogens is 1060 g/mol. The van der Waals surface area contributed by atoms with E-state index in [9.17, 15) is 57.5 Å². The van der Waals surface area contributed by atoms with Gasteiger partial charge in [0.15, 0.2) is 36.6 Å². The average Bonchev–Trinajstić information content (AvgIpc) is 3.40. The van der Waals surface area contributed by atoms with Gasteiger partial charge in [-0.05, 0) is 81.5 Å². The van der Waals surface area contributed by atoms with E-state index in [2.05, 4.69) is 31.9 Å². The molecule has 1 rings (SSSR count). The molecule has 0 saturated carbocycles. The molecule has 0 radical (unpaired) electrons. The van der Waals surface area contributed by atoms with E-state index in [0.29, 0.717) is 12.8 Å². The standard InChI is InChI=1S/C57H96N6O18/c1-22-32(17)44-50(68)62-39(27(7)8)53(71)77-34(19)46(64)58-41(29(11)12)55(73)79-37(24-25(3)4)49(67)61-38(26(5)6)52(70)76-35(20)47(65)59-42(30(13)14)56(74)80-45(33(18)23-2)51(69)63-40(28(9)10)54(72)78-36(21)48(66)60-43(31(15)16)57(75)81-44/h25-45H,22-24H2,1-21H3,(H,58,64)(H,59,65)(H,60,66)(H,61,67)(H,62,68)(H,63,69)/t32-,33-,34-,35-,36-,37+,38+,39+,40-,41+,42-,43-,44+,45+/m0/s1. The molecule has 0 aromatic heterocycles. The fraction of sp³-hybridized carbons (Fsp3) is 0.789. The van der Waals surface area contributed by atoms with Gasteiger partial charge in [-0.3, -0.25) is 28.8 Å². The normalized spacial score (nSPS) is 28.9. The Morgan fingerprint density at radius 3 is 0.741 bits per heavy atom. The van der Waals surface area contributed by atoms with E-state index in [-0.39, 0.29) is 12.3 Å². The van der Waals surface area contributed by atoms with E-state index < -0.39 is 191 Å². The maximum absolute atomic E-state index is 14.1. The summed E-state index contributed by atoms with van der Waals surface area (Å²) in [5, 5.41) is 15.3. The minimum absolute atomic E-state index is 0.0341. The molecule has 6 amide bonds. The second-order valence-corrected chi connectivity index (χ2v) is 23.7. The van der Waals surface area contributed by atoms with Crippen molar-refractivity contribution >= 4 is 71.3 Å². The van der Waals surface area contributed by atoms with Crippen LogP contribution in [-0.4, -0.2) is 144 Å². The summed E-state index contributed by atoms with van der Waals surface area (Å²) in [5.41, 5.74) is 0. The minimum Gasteiger partial charge on any atom is -0.451 e. The van der Waals surface area contributed by atoms with Crippen molar-refractivity contribution in [2.45, 2.75) is 238 Å². The summed E-state index contributed by atoms with van der Waals surface area (Å²) in [6, 6.07) is -8.37. The largest absolute Gasteiger partial charge is 0.451 e. The van der Waals surface area contributed by atoms with Crippen molar-refractivity contribution in [2.24, 2.45) is 53.3 Å². The Hall–Kier alpha value is -6.36. The first-order chi connectivity index (χ1) is 37.4. The van der Waals surface area contributed by atoms with Crippen LogP contribution in [0.15, 0.2) is 0 Å². The van der Waals surface area contributed by atoms with E-state index in [1.54, 1.807) is 125 Å². The summed E-state index contributed by atoms with van der Waals surface area (Å²) in [7, 11) is 0. The van der Waals surface area contributed by atoms with E-state index in [4.69, 9.17) is 28.4 Å². The molecule has 1 aliphatic rings. The number of ether oxygens (including phenoxy) is 6. The molecule has 0 aliphatic carbocycles. The molecule has 0 aromatic carbocycles. The molecule has 0 unspecified atom stereocenters. The first-order valence-electron chi connectivity index (χ1n) is 28.5. The topological polar surface area (TPSA) is 332 Å². The second-order valence-electron chi connectivity index (χ2n) is 23.7. The lowest BCUT2D eigenvalue weighted by Crippen LogP contribution is -2.56. The second kappa shape index (κ2) is 33.5. The SMILES string of the molecule is CC[C@H](C)[C@H]1OC(=O)[C@H](C(C)C)NC(=O)[C@H](C)OC(=O)[C@H](C(C)C)NC(=O)[C@@H]([C@@H](C)CC)OC(=O)[C@H](C(C)C)NC(=O)[C@H](C)OC(=O)[C@@H](C(C)C)NC(=O)[C@@H](CC(C)C)OC(=O)[C@@H](C(C)C)NC(=O)[C@H](C)OC(=O)[C@@H](C(C)C)NC1=O. The molecule has 0 bridgehead atoms. The number of nitrogens with one attached hydrogen (secondary N) is 6. The van der Waals surface area contributed by atoms with Crippen LogP contribution in [0.5, 0.6) is 0 Å². The van der Waals surface area contributed by atoms with Crippen molar-refractivity contribution in [1.29, 1.82) is 0 Å². The van der Waals surface area contributed by atoms with Gasteiger partial charge < -0.3 is 60.3 Å². The number of amides is 6. The van der Waals surface area contributed by atoms with Crippen LogP contribution in [0.2, 0.25) is 0 Å². The number of carbonyl (C=O) groups is 12. The molecular formula is C57H96N6O18. The molecule has 1 aliphatic heterocycles. The van der Waals surface area contributed by atoms with Crippen LogP contribution in [0.1, 0.15) is 165 Å². The Morgan fingerprint density at radius 2 is 0.519 bits per heavy atom. The molecule has 462 valence electrons. The molecule has 81 heavy (non-hydrogen) atoms. The molecule has 24 heteroatoms. The van der Waals surface area contributed by atoms with E-state index in [1.165, 1.54) is 20.8 Å². The van der Waals surface area contributed by atoms with Gasteiger partial charge in [0.1, 0.15) is 36.3 Å². The van der Waals surface area contributed by atoms with Crippen molar-refractivity contribution in [1.82, 2.24) is 31.9 Å². The molecule has 1 heterocycles. The Kier molecular flexibility index (Phi) is 30.1. The van der Waals surface area contributed by atoms with Crippen molar-refractivity contribution in [3.8, 4) is 0 Å². The summed E-state index contributed by atoms with van der Waals surface area (Å²) in [6.07, 6.45) is -8.61. The Morgan fingerprint density at radius 1 is 0.309 bits per heavy atom. The van der Waals surface area contributed by atoms with Crippen molar-refractivity contribution in [2.75, 3.05) is 0 Å². The monoisotopic (exact) mass is 1150 g/mol. The number of rotatable bonds is 12. The van der Waals surface area contributed by atoms with E-state index in [0.717, 1.165) is 0 Å². The molecule has 24 nitrogen and oxygen atoms in total. The van der Waals surface area contributed by atoms with Crippen LogP contribution in [0, 0.1) is 53.3 Å². The molecule has 6 N–H and O–H groups in total. The summed E-state index contributed by atoms with van der Waals surface area (Å²) in [6.45, 7) is 33.1. The van der Waals surface area contributed by atoms with Crippen LogP contribution in [-0.2, 0) is 86.0 Å². The molecule has 1 fully saturated rings. The van der Waals surface area contributed by atoms with Crippen molar-refractivity contribution in [3.63, 3.8) is 0 Å². The maximum atomic E-state index is 14.1. The van der Waals surface area contributed by atoms with Crippen molar-refractivity contribution in [3.05, 3.63) is 0 Å². The molecule has 0 spiro atoms. The molecule has 1 saturated heterocycles. The zero-order valence-electron chi connectivity index (χ0n) is 51.6. The summed E-state index contributed by atoms with van der Waals surface area (Å²) < 4.78 is 33.9. The highest BCUT2D eigenvalue weighted by atomic mass is 16.6. The lowest BCUT2D eigenvalue weighted by Gasteiger charge is -2.30. The van der Waals surface area contributed by atoms with Gasteiger partial charge >= 0.3 is 35.8 Å². The highest BCUT2D eigenvalue weighted by Gasteiger charge is 2.42. The number of hydrogen-bond donors (Lipinski definition) is 6. The number of hydrogen-bond acceptors (Lipinski definition) is 18. The first-order valence-corrected chi connectivity index (χ1v) is 28.5. The zero-order valence-corrected chi connectivity index (χ0v) is 51.6. The van der Waals surface area contributed by atoms with Crippen LogP contribution in [0.25, 0.3) is 0 Å². The fourth-order valence-electron chi connectivity index (χ4n) is 7.95. The highest BCUT2D eigenvalue weighted by Crippen LogP contribution is 2.21. The Labute approximate surface area is 478 Å². The van der Waals surface area contributed by atoms with Gasteiger partial charge in [0.25, 0.3) is 35.4 Å². The van der Waals surface area contributed by atoms with Crippen LogP contribution in [0.3, 0.4) is 0 Å². The van der Waals surface area contributed by atoms with Gasteiger partial charge in [0.2, 0.25) is 0 Å². The van der Waals surface area contributed by atoms with Gasteiger partial charge in [0, 0.05) is 11.8 Å². The van der Waals surface area contributed by atoms with Crippen molar-refractivity contribution < 1.29 is 86.0 Å². The van der Waals surface area contributed by atoms with Gasteiger partial charge in [-0.25, -0.2) is 28.8 Å². The summed E-state index contributed by atoms with van der Waals surface area (Å²) in [5.74, 6) is -17.1. The van der Waals surface area contributed by atoms with Gasteiger partial charge in [-0.15, -0.1) is 0 Å². The smallest absolute Gasteiger partial charge is 0.329 e. The minimum atomic E-state index is -1.56. The fourth-order valence-corrected chi connectivity index (χ4v) is 7.95.